The minimum absolute atomic E-state index is 0.674. The number of thioether (sulfide) groups is 1. The average Bonchev–Trinajstić information content (AvgIpc) is 2.63. The molecule has 1 aromatic heterocycles. The maximum atomic E-state index is 9.31. The fourth-order valence-corrected chi connectivity index (χ4v) is 3.83. The molecule has 0 aliphatic carbocycles. The van der Waals surface area contributed by atoms with Crippen molar-refractivity contribution < 1.29 is 0 Å². The third-order valence-electron chi connectivity index (χ3n) is 4.15. The number of likely N-dealkylation sites (tertiary alicyclic amines) is 1. The summed E-state index contributed by atoms with van der Waals surface area (Å²) in [5.74, 6) is 0.986. The molecule has 0 unspecified atom stereocenters. The second kappa shape index (κ2) is 8.14. The highest BCUT2D eigenvalue weighted by molar-refractivity contribution is 7.99. The Morgan fingerprint density at radius 1 is 1.04 bits per heavy atom. The van der Waals surface area contributed by atoms with Gasteiger partial charge in [0.15, 0.2) is 0 Å². The molecule has 23 heavy (non-hydrogen) atoms. The van der Waals surface area contributed by atoms with Crippen molar-refractivity contribution in [1.29, 1.82) is 5.26 Å². The Balaban J connectivity index is 1.68. The van der Waals surface area contributed by atoms with Gasteiger partial charge in [0, 0.05) is 17.9 Å². The molecule has 0 radical (unpaired) electrons. The molecule has 3 nitrogen and oxygen atoms in total. The summed E-state index contributed by atoms with van der Waals surface area (Å²) < 4.78 is 0. The van der Waals surface area contributed by atoms with Gasteiger partial charge >= 0.3 is 0 Å². The molecule has 1 aliphatic heterocycles. The van der Waals surface area contributed by atoms with E-state index in [2.05, 4.69) is 23.1 Å². The molecule has 2 heterocycles. The lowest BCUT2D eigenvalue weighted by molar-refractivity contribution is 0.242. The lowest BCUT2D eigenvalue weighted by Gasteiger charge is -2.26. The van der Waals surface area contributed by atoms with Crippen LogP contribution in [0, 0.1) is 11.3 Å². The number of benzene rings is 1. The van der Waals surface area contributed by atoms with E-state index in [9.17, 15) is 5.26 Å². The Morgan fingerprint density at radius 3 is 2.57 bits per heavy atom. The number of rotatable bonds is 5. The Hall–Kier alpha value is -1.83. The third-order valence-corrected chi connectivity index (χ3v) is 5.12. The minimum atomic E-state index is 0.674. The van der Waals surface area contributed by atoms with Gasteiger partial charge in [0.2, 0.25) is 0 Å². The predicted molar refractivity (Wildman–Crippen MR) is 95.4 cm³/mol. The molecule has 0 atom stereocenters. The third kappa shape index (κ3) is 4.34. The van der Waals surface area contributed by atoms with Gasteiger partial charge in [0.25, 0.3) is 0 Å². The molecule has 118 valence electrons. The van der Waals surface area contributed by atoms with Crippen LogP contribution in [-0.4, -0.2) is 35.3 Å². The van der Waals surface area contributed by atoms with Crippen LogP contribution in [0.5, 0.6) is 0 Å². The van der Waals surface area contributed by atoms with Crippen LogP contribution in [0.3, 0.4) is 0 Å². The van der Waals surface area contributed by atoms with E-state index in [1.807, 2.05) is 30.3 Å². The Labute approximate surface area is 142 Å². The molecule has 1 aliphatic rings. The molecular formula is C19H21N3S. The molecule has 1 saturated heterocycles. The molecule has 2 aromatic rings. The van der Waals surface area contributed by atoms with E-state index in [4.69, 9.17) is 4.98 Å². The van der Waals surface area contributed by atoms with Crippen LogP contribution in [0.2, 0.25) is 0 Å². The molecule has 0 saturated carbocycles. The summed E-state index contributed by atoms with van der Waals surface area (Å²) in [5, 5.41) is 10.2. The van der Waals surface area contributed by atoms with Crippen molar-refractivity contribution in [3.63, 3.8) is 0 Å². The average molecular weight is 323 g/mol. The van der Waals surface area contributed by atoms with Gasteiger partial charge in [-0.05, 0) is 38.1 Å². The summed E-state index contributed by atoms with van der Waals surface area (Å²) in [6.07, 6.45) is 3.99. The van der Waals surface area contributed by atoms with Crippen molar-refractivity contribution in [3.05, 3.63) is 48.0 Å². The number of aromatic nitrogens is 1. The molecule has 1 aromatic carbocycles. The Morgan fingerprint density at radius 2 is 1.83 bits per heavy atom. The minimum Gasteiger partial charge on any atom is -0.303 e. The van der Waals surface area contributed by atoms with Crippen molar-refractivity contribution in [3.8, 4) is 17.3 Å². The van der Waals surface area contributed by atoms with Gasteiger partial charge < -0.3 is 4.90 Å². The van der Waals surface area contributed by atoms with Crippen molar-refractivity contribution in [2.24, 2.45) is 0 Å². The fourth-order valence-electron chi connectivity index (χ4n) is 2.86. The van der Waals surface area contributed by atoms with Crippen molar-refractivity contribution >= 4 is 11.8 Å². The molecule has 0 bridgehead atoms. The van der Waals surface area contributed by atoms with E-state index in [1.54, 1.807) is 11.8 Å². The van der Waals surface area contributed by atoms with Crippen LogP contribution in [0.4, 0.5) is 0 Å². The highest BCUT2D eigenvalue weighted by Crippen LogP contribution is 2.25. The van der Waals surface area contributed by atoms with Gasteiger partial charge in [-0.15, -0.1) is 11.8 Å². The molecule has 0 N–H and O–H groups in total. The van der Waals surface area contributed by atoms with E-state index in [0.29, 0.717) is 5.56 Å². The van der Waals surface area contributed by atoms with E-state index in [0.717, 1.165) is 28.6 Å². The van der Waals surface area contributed by atoms with Crippen LogP contribution in [0.15, 0.2) is 47.5 Å². The van der Waals surface area contributed by atoms with E-state index < -0.39 is 0 Å². The first-order chi connectivity index (χ1) is 11.4. The zero-order valence-electron chi connectivity index (χ0n) is 13.2. The summed E-state index contributed by atoms with van der Waals surface area (Å²) in [5.41, 5.74) is 2.70. The smallest absolute Gasteiger partial charge is 0.115 e. The lowest BCUT2D eigenvalue weighted by Crippen LogP contribution is -2.31. The summed E-state index contributed by atoms with van der Waals surface area (Å²) >= 11 is 1.70. The van der Waals surface area contributed by atoms with Gasteiger partial charge in [-0.1, -0.05) is 36.8 Å². The second-order valence-corrected chi connectivity index (χ2v) is 6.86. The zero-order valence-corrected chi connectivity index (χ0v) is 14.1. The van der Waals surface area contributed by atoms with Gasteiger partial charge in [-0.3, -0.25) is 0 Å². The normalized spacial score (nSPS) is 15.3. The Kier molecular flexibility index (Phi) is 5.68. The maximum Gasteiger partial charge on any atom is 0.115 e. The second-order valence-electron chi connectivity index (χ2n) is 5.78. The van der Waals surface area contributed by atoms with Crippen molar-refractivity contribution in [2.45, 2.75) is 24.3 Å². The van der Waals surface area contributed by atoms with E-state index >= 15 is 0 Å². The molecule has 3 rings (SSSR count). The fraction of sp³-hybridized carbons (Fsp3) is 0.368. The number of pyridine rings is 1. The maximum absolute atomic E-state index is 9.31. The first-order valence-electron chi connectivity index (χ1n) is 8.18. The Bertz CT molecular complexity index is 673. The first kappa shape index (κ1) is 16.0. The van der Waals surface area contributed by atoms with E-state index in [-0.39, 0.29) is 0 Å². The number of nitriles is 1. The zero-order chi connectivity index (χ0) is 15.9. The van der Waals surface area contributed by atoms with E-state index in [1.165, 1.54) is 32.4 Å². The van der Waals surface area contributed by atoms with Gasteiger partial charge in [-0.2, -0.15) is 5.26 Å². The molecule has 0 amide bonds. The van der Waals surface area contributed by atoms with Gasteiger partial charge in [0.1, 0.15) is 11.1 Å². The summed E-state index contributed by atoms with van der Waals surface area (Å²) in [6, 6.07) is 16.2. The summed E-state index contributed by atoms with van der Waals surface area (Å²) in [4.78, 5) is 7.24. The topological polar surface area (TPSA) is 39.9 Å². The monoisotopic (exact) mass is 323 g/mol. The molecule has 0 spiro atoms. The van der Waals surface area contributed by atoms with Crippen LogP contribution in [0.1, 0.15) is 24.8 Å². The number of hydrogen-bond donors (Lipinski definition) is 0. The van der Waals surface area contributed by atoms with Crippen molar-refractivity contribution in [2.75, 3.05) is 25.4 Å². The molecule has 4 heteroatoms. The highest BCUT2D eigenvalue weighted by atomic mass is 32.2. The van der Waals surface area contributed by atoms with Gasteiger partial charge in [-0.25, -0.2) is 4.98 Å². The summed E-state index contributed by atoms with van der Waals surface area (Å²) in [7, 11) is 0. The van der Waals surface area contributed by atoms with Crippen LogP contribution in [0.25, 0.3) is 11.3 Å². The lowest BCUT2D eigenvalue weighted by atomic mass is 10.1. The van der Waals surface area contributed by atoms with Crippen molar-refractivity contribution in [1.82, 2.24) is 9.88 Å². The number of nitrogens with zero attached hydrogens (tertiary/aromatic N) is 3. The molecule has 1 fully saturated rings. The first-order valence-corrected chi connectivity index (χ1v) is 9.17. The van der Waals surface area contributed by atoms with Crippen LogP contribution < -0.4 is 0 Å². The van der Waals surface area contributed by atoms with Gasteiger partial charge in [0.05, 0.1) is 11.3 Å². The van der Waals surface area contributed by atoms with Crippen LogP contribution in [-0.2, 0) is 0 Å². The molecular weight excluding hydrogens is 302 g/mol. The predicted octanol–water partition coefficient (Wildman–Crippen LogP) is 4.20. The highest BCUT2D eigenvalue weighted by Gasteiger charge is 2.11. The standard InChI is InChI=1S/C19H21N3S/c20-15-17-9-10-18(16-7-3-1-4-8-16)21-19(17)23-14-13-22-11-5-2-6-12-22/h1,3-4,7-10H,2,5-6,11-14H2. The van der Waals surface area contributed by atoms with Crippen LogP contribution >= 0.6 is 11.8 Å². The quantitative estimate of drug-likeness (QED) is 0.773. The number of piperidine rings is 1. The SMILES string of the molecule is N#Cc1ccc(-c2ccccc2)nc1SCCN1CCCCC1. The summed E-state index contributed by atoms with van der Waals surface area (Å²) in [6.45, 7) is 3.50. The largest absolute Gasteiger partial charge is 0.303 e. The number of hydrogen-bond acceptors (Lipinski definition) is 4.